The highest BCUT2D eigenvalue weighted by atomic mass is 16.4. The monoisotopic (exact) mass is 189 g/mol. The van der Waals surface area contributed by atoms with Gasteiger partial charge in [0.15, 0.2) is 0 Å². The molecule has 0 radical (unpaired) electrons. The van der Waals surface area contributed by atoms with E-state index in [0.717, 1.165) is 22.2 Å². The van der Waals surface area contributed by atoms with E-state index in [2.05, 4.69) is 4.98 Å². The van der Waals surface area contributed by atoms with Gasteiger partial charge in [-0.1, -0.05) is 12.1 Å². The first-order valence-electron chi connectivity index (χ1n) is 4.54. The van der Waals surface area contributed by atoms with Gasteiger partial charge in [0.05, 0.1) is 0 Å². The minimum absolute atomic E-state index is 0.527. The molecule has 1 heterocycles. The topological polar surface area (TPSA) is 56.2 Å². The highest BCUT2D eigenvalue weighted by Crippen LogP contribution is 2.19. The Morgan fingerprint density at radius 1 is 1.21 bits per heavy atom. The molecule has 0 aliphatic carbocycles. The third-order valence-electron chi connectivity index (χ3n) is 2.63. The summed E-state index contributed by atoms with van der Waals surface area (Å²) < 4.78 is 0. The minimum Gasteiger partial charge on any atom is -0.423 e. The first kappa shape index (κ1) is 9.31. The number of benzene rings is 1. The van der Waals surface area contributed by atoms with Gasteiger partial charge in [-0.25, -0.2) is 0 Å². The summed E-state index contributed by atoms with van der Waals surface area (Å²) in [6.45, 7) is 4.02. The van der Waals surface area contributed by atoms with Crippen molar-refractivity contribution in [2.24, 2.45) is 0 Å². The molecule has 1 aromatic carbocycles. The molecule has 4 heteroatoms. The zero-order valence-electron chi connectivity index (χ0n) is 8.20. The molecule has 0 bridgehead atoms. The van der Waals surface area contributed by atoms with Crippen molar-refractivity contribution in [3.8, 4) is 0 Å². The Balaban J connectivity index is 2.69. The lowest BCUT2D eigenvalue weighted by atomic mass is 9.80. The van der Waals surface area contributed by atoms with E-state index in [-0.39, 0.29) is 0 Å². The van der Waals surface area contributed by atoms with Crippen LogP contribution in [0.3, 0.4) is 0 Å². The van der Waals surface area contributed by atoms with Crippen molar-refractivity contribution in [1.29, 1.82) is 0 Å². The van der Waals surface area contributed by atoms with Crippen LogP contribution < -0.4 is 5.46 Å². The summed E-state index contributed by atoms with van der Waals surface area (Å²) in [5.74, 6) is 0. The summed E-state index contributed by atoms with van der Waals surface area (Å²) in [6.07, 6.45) is 0. The van der Waals surface area contributed by atoms with E-state index in [0.29, 0.717) is 5.46 Å². The molecule has 3 nitrogen and oxygen atoms in total. The molecule has 72 valence electrons. The van der Waals surface area contributed by atoms with Crippen molar-refractivity contribution in [2.75, 3.05) is 0 Å². The van der Waals surface area contributed by atoms with Crippen LogP contribution in [0.5, 0.6) is 0 Å². The summed E-state index contributed by atoms with van der Waals surface area (Å²) in [4.78, 5) is 3.23. The Bertz CT molecular complexity index is 476. The molecule has 0 atom stereocenters. The number of aryl methyl sites for hydroxylation is 2. The van der Waals surface area contributed by atoms with Gasteiger partial charge < -0.3 is 15.0 Å². The van der Waals surface area contributed by atoms with Gasteiger partial charge in [-0.3, -0.25) is 0 Å². The van der Waals surface area contributed by atoms with Crippen LogP contribution in [0, 0.1) is 13.8 Å². The van der Waals surface area contributed by atoms with Gasteiger partial charge in [0.25, 0.3) is 0 Å². The Hall–Kier alpha value is -1.26. The number of hydrogen-bond donors (Lipinski definition) is 3. The lowest BCUT2D eigenvalue weighted by Crippen LogP contribution is -2.29. The highest BCUT2D eigenvalue weighted by molar-refractivity contribution is 6.58. The fraction of sp³-hybridized carbons (Fsp3) is 0.200. The van der Waals surface area contributed by atoms with E-state index < -0.39 is 7.12 Å². The minimum atomic E-state index is -1.39. The first-order chi connectivity index (χ1) is 6.59. The maximum atomic E-state index is 9.03. The Morgan fingerprint density at radius 3 is 2.57 bits per heavy atom. The maximum Gasteiger partial charge on any atom is 0.488 e. The van der Waals surface area contributed by atoms with Crippen LogP contribution in [0.4, 0.5) is 0 Å². The molecule has 2 rings (SSSR count). The first-order valence-corrected chi connectivity index (χ1v) is 4.54. The van der Waals surface area contributed by atoms with Crippen LogP contribution in [0.25, 0.3) is 10.9 Å². The molecule has 1 aromatic heterocycles. The van der Waals surface area contributed by atoms with Crippen LogP contribution in [-0.4, -0.2) is 22.2 Å². The highest BCUT2D eigenvalue weighted by Gasteiger charge is 2.12. The van der Waals surface area contributed by atoms with Crippen molar-refractivity contribution in [1.82, 2.24) is 4.98 Å². The van der Waals surface area contributed by atoms with Crippen molar-refractivity contribution >= 4 is 23.5 Å². The summed E-state index contributed by atoms with van der Waals surface area (Å²) >= 11 is 0. The largest absolute Gasteiger partial charge is 0.488 e. The summed E-state index contributed by atoms with van der Waals surface area (Å²) in [7, 11) is -1.39. The van der Waals surface area contributed by atoms with Crippen LogP contribution in [0.1, 0.15) is 11.3 Å². The quantitative estimate of drug-likeness (QED) is 0.571. The summed E-state index contributed by atoms with van der Waals surface area (Å²) in [5.41, 5.74) is 3.83. The van der Waals surface area contributed by atoms with Gasteiger partial charge in [-0.2, -0.15) is 0 Å². The van der Waals surface area contributed by atoms with Crippen LogP contribution in [-0.2, 0) is 0 Å². The normalized spacial score (nSPS) is 10.9. The fourth-order valence-electron chi connectivity index (χ4n) is 1.64. The zero-order chi connectivity index (χ0) is 10.3. The van der Waals surface area contributed by atoms with Crippen molar-refractivity contribution in [3.63, 3.8) is 0 Å². The molecule has 3 N–H and O–H groups in total. The molecule has 14 heavy (non-hydrogen) atoms. The Labute approximate surface area is 82.5 Å². The third kappa shape index (κ3) is 1.33. The van der Waals surface area contributed by atoms with Gasteiger partial charge in [0, 0.05) is 16.6 Å². The zero-order valence-corrected chi connectivity index (χ0v) is 8.20. The molecular formula is C10H12BNO2. The Morgan fingerprint density at radius 2 is 1.93 bits per heavy atom. The van der Waals surface area contributed by atoms with E-state index >= 15 is 0 Å². The molecule has 0 saturated heterocycles. The molecular weight excluding hydrogens is 177 g/mol. The number of aromatic nitrogens is 1. The number of aromatic amines is 1. The van der Waals surface area contributed by atoms with Crippen LogP contribution >= 0.6 is 0 Å². The molecule has 0 saturated carbocycles. The van der Waals surface area contributed by atoms with Gasteiger partial charge in [0.2, 0.25) is 0 Å². The predicted molar refractivity (Wildman–Crippen MR) is 57.6 cm³/mol. The van der Waals surface area contributed by atoms with Crippen molar-refractivity contribution in [3.05, 3.63) is 29.5 Å². The van der Waals surface area contributed by atoms with Crippen molar-refractivity contribution < 1.29 is 10.0 Å². The van der Waals surface area contributed by atoms with Crippen LogP contribution in [0.2, 0.25) is 0 Å². The van der Waals surface area contributed by atoms with Crippen molar-refractivity contribution in [2.45, 2.75) is 13.8 Å². The smallest absolute Gasteiger partial charge is 0.423 e. The molecule has 2 aromatic rings. The van der Waals surface area contributed by atoms with E-state index in [4.69, 9.17) is 10.0 Å². The fourth-order valence-corrected chi connectivity index (χ4v) is 1.64. The summed E-state index contributed by atoms with van der Waals surface area (Å²) in [5, 5.41) is 19.1. The Kier molecular flexibility index (Phi) is 2.09. The third-order valence-corrected chi connectivity index (χ3v) is 2.63. The molecule has 0 spiro atoms. The second-order valence-electron chi connectivity index (χ2n) is 3.55. The SMILES string of the molecule is Cc1[nH]c2ccc(B(O)O)cc2c1C. The molecule has 0 aliphatic rings. The predicted octanol–water partition coefficient (Wildman–Crippen LogP) is 0.465. The van der Waals surface area contributed by atoms with E-state index in [9.17, 15) is 0 Å². The number of nitrogens with one attached hydrogen (secondary N) is 1. The van der Waals surface area contributed by atoms with Gasteiger partial charge >= 0.3 is 7.12 Å². The summed E-state index contributed by atoms with van der Waals surface area (Å²) in [6, 6.07) is 5.38. The van der Waals surface area contributed by atoms with E-state index in [1.807, 2.05) is 19.9 Å². The van der Waals surface area contributed by atoms with Gasteiger partial charge in [-0.15, -0.1) is 0 Å². The average molecular weight is 189 g/mol. The number of hydrogen-bond acceptors (Lipinski definition) is 2. The van der Waals surface area contributed by atoms with Gasteiger partial charge in [-0.05, 0) is 30.9 Å². The maximum absolute atomic E-state index is 9.03. The standard InChI is InChI=1S/C10H12BNO2/c1-6-7(2)12-10-4-3-8(11(13)14)5-9(6)10/h3-5,12-14H,1-2H3. The molecule has 0 aliphatic heterocycles. The number of H-pyrrole nitrogens is 1. The molecule has 0 unspecified atom stereocenters. The van der Waals surface area contributed by atoms with Crippen LogP contribution in [0.15, 0.2) is 18.2 Å². The number of rotatable bonds is 1. The molecule has 0 fully saturated rings. The molecule has 0 amide bonds. The lowest BCUT2D eigenvalue weighted by Gasteiger charge is -1.99. The number of fused-ring (bicyclic) bond motifs is 1. The van der Waals surface area contributed by atoms with Gasteiger partial charge in [0.1, 0.15) is 0 Å². The van der Waals surface area contributed by atoms with E-state index in [1.54, 1.807) is 12.1 Å². The second-order valence-corrected chi connectivity index (χ2v) is 3.55. The van der Waals surface area contributed by atoms with E-state index in [1.165, 1.54) is 0 Å². The second kappa shape index (κ2) is 3.15. The average Bonchev–Trinajstić information content (AvgIpc) is 2.43. The lowest BCUT2D eigenvalue weighted by molar-refractivity contribution is 0.426.